The van der Waals surface area contributed by atoms with Crippen LogP contribution in [0.25, 0.3) is 0 Å². The summed E-state index contributed by atoms with van der Waals surface area (Å²) in [6, 6.07) is 5.68. The molecule has 1 aromatic carbocycles. The molecular weight excluding hydrogens is 307 g/mol. The van der Waals surface area contributed by atoms with E-state index in [0.29, 0.717) is 6.04 Å². The lowest BCUT2D eigenvalue weighted by molar-refractivity contribution is 0.200. The van der Waals surface area contributed by atoms with Crippen molar-refractivity contribution >= 4 is 15.9 Å². The molecule has 1 fully saturated rings. The van der Waals surface area contributed by atoms with E-state index in [1.165, 1.54) is 6.07 Å². The van der Waals surface area contributed by atoms with E-state index in [1.54, 1.807) is 6.07 Å². The van der Waals surface area contributed by atoms with Crippen molar-refractivity contribution in [2.24, 2.45) is 0 Å². The predicted molar refractivity (Wildman–Crippen MR) is 80.8 cm³/mol. The Hall–Kier alpha value is -0.450. The number of likely N-dealkylation sites (tertiary alicyclic amines) is 1. The highest BCUT2D eigenvalue weighted by Gasteiger charge is 2.21. The van der Waals surface area contributed by atoms with Crippen molar-refractivity contribution in [3.63, 3.8) is 0 Å². The lowest BCUT2D eigenvalue weighted by Crippen LogP contribution is -2.43. The molecule has 4 heteroatoms. The summed E-state index contributed by atoms with van der Waals surface area (Å²) >= 11 is 3.41. The van der Waals surface area contributed by atoms with Gasteiger partial charge in [0.25, 0.3) is 0 Å². The molecule has 1 heterocycles. The first-order chi connectivity index (χ1) is 9.10. The number of nitrogens with zero attached hydrogens (tertiary/aromatic N) is 1. The Morgan fingerprint density at radius 1 is 1.42 bits per heavy atom. The summed E-state index contributed by atoms with van der Waals surface area (Å²) in [5.41, 5.74) is 0.743. The minimum absolute atomic E-state index is 0.0516. The molecule has 0 saturated carbocycles. The van der Waals surface area contributed by atoms with Gasteiger partial charge in [0.05, 0.1) is 0 Å². The van der Waals surface area contributed by atoms with Crippen LogP contribution in [0.3, 0.4) is 0 Å². The fourth-order valence-corrected chi connectivity index (χ4v) is 3.08. The third kappa shape index (κ3) is 4.01. The van der Waals surface area contributed by atoms with Crippen LogP contribution >= 0.6 is 15.9 Å². The lowest BCUT2D eigenvalue weighted by Gasteiger charge is -2.33. The number of nitrogens with one attached hydrogen (secondary N) is 1. The van der Waals surface area contributed by atoms with Gasteiger partial charge in [-0.15, -0.1) is 0 Å². The van der Waals surface area contributed by atoms with Crippen molar-refractivity contribution in [1.82, 2.24) is 10.2 Å². The van der Waals surface area contributed by atoms with E-state index in [0.717, 1.165) is 42.5 Å². The molecule has 1 saturated heterocycles. The van der Waals surface area contributed by atoms with Gasteiger partial charge in [0.1, 0.15) is 5.82 Å². The van der Waals surface area contributed by atoms with E-state index in [9.17, 15) is 4.39 Å². The molecule has 1 atom stereocenters. The minimum atomic E-state index is -0.130. The smallest absolute Gasteiger partial charge is 0.128 e. The Bertz CT molecular complexity index is 417. The summed E-state index contributed by atoms with van der Waals surface area (Å²) in [6.07, 6.45) is 2.29. The van der Waals surface area contributed by atoms with Gasteiger partial charge in [0, 0.05) is 22.1 Å². The van der Waals surface area contributed by atoms with Crippen molar-refractivity contribution in [1.29, 1.82) is 0 Å². The van der Waals surface area contributed by atoms with Gasteiger partial charge >= 0.3 is 0 Å². The minimum Gasteiger partial charge on any atom is -0.307 e. The van der Waals surface area contributed by atoms with Crippen molar-refractivity contribution in [2.75, 3.05) is 19.6 Å². The molecule has 19 heavy (non-hydrogen) atoms. The van der Waals surface area contributed by atoms with Crippen LogP contribution in [-0.4, -0.2) is 30.6 Å². The first kappa shape index (κ1) is 14.9. The zero-order valence-electron chi connectivity index (χ0n) is 11.6. The maximum absolute atomic E-state index is 13.8. The van der Waals surface area contributed by atoms with E-state index >= 15 is 0 Å². The van der Waals surface area contributed by atoms with Crippen molar-refractivity contribution in [3.8, 4) is 0 Å². The number of piperidine rings is 1. The van der Waals surface area contributed by atoms with Gasteiger partial charge in [0.2, 0.25) is 0 Å². The maximum atomic E-state index is 13.8. The summed E-state index contributed by atoms with van der Waals surface area (Å²) in [6.45, 7) is 7.65. The average Bonchev–Trinajstić information content (AvgIpc) is 2.42. The van der Waals surface area contributed by atoms with Gasteiger partial charge < -0.3 is 10.2 Å². The molecule has 0 aliphatic carbocycles. The fourth-order valence-electron chi connectivity index (χ4n) is 2.71. The standard InChI is InChI=1S/C15H22BrFN2/c1-3-19-8-6-13(7-9-19)18-11(2)14-10-12(16)4-5-15(14)17/h4-5,10-11,13,18H,3,6-9H2,1-2H3. The summed E-state index contributed by atoms with van der Waals surface area (Å²) < 4.78 is 14.8. The van der Waals surface area contributed by atoms with Crippen molar-refractivity contribution < 1.29 is 4.39 Å². The average molecular weight is 329 g/mol. The number of hydrogen-bond donors (Lipinski definition) is 1. The first-order valence-electron chi connectivity index (χ1n) is 7.03. The van der Waals surface area contributed by atoms with Gasteiger partial charge in [0.15, 0.2) is 0 Å². The monoisotopic (exact) mass is 328 g/mol. The molecular formula is C15H22BrFN2. The Morgan fingerprint density at radius 3 is 2.74 bits per heavy atom. The highest BCUT2D eigenvalue weighted by molar-refractivity contribution is 9.10. The summed E-state index contributed by atoms with van der Waals surface area (Å²) in [5.74, 6) is -0.130. The Kier molecular flexibility index (Phi) is 5.37. The molecule has 0 amide bonds. The summed E-state index contributed by atoms with van der Waals surface area (Å²) in [4.78, 5) is 2.46. The highest BCUT2D eigenvalue weighted by atomic mass is 79.9. The largest absolute Gasteiger partial charge is 0.307 e. The van der Waals surface area contributed by atoms with Gasteiger partial charge in [-0.05, 0) is 57.6 Å². The molecule has 106 valence electrons. The molecule has 1 N–H and O–H groups in total. The van der Waals surface area contributed by atoms with Crippen LogP contribution < -0.4 is 5.32 Å². The van der Waals surface area contributed by atoms with Crippen LogP contribution in [0.15, 0.2) is 22.7 Å². The van der Waals surface area contributed by atoms with Gasteiger partial charge in [-0.2, -0.15) is 0 Å². The molecule has 1 aromatic rings. The molecule has 0 aromatic heterocycles. The fraction of sp³-hybridized carbons (Fsp3) is 0.600. The zero-order chi connectivity index (χ0) is 13.8. The van der Waals surface area contributed by atoms with E-state index < -0.39 is 0 Å². The third-order valence-corrected chi connectivity index (χ3v) is 4.44. The molecule has 1 aliphatic heterocycles. The van der Waals surface area contributed by atoms with Crippen LogP contribution in [0.5, 0.6) is 0 Å². The molecule has 0 bridgehead atoms. The SMILES string of the molecule is CCN1CCC(NC(C)c2cc(Br)ccc2F)CC1. The van der Waals surface area contributed by atoms with E-state index in [2.05, 4.69) is 33.1 Å². The van der Waals surface area contributed by atoms with Crippen LogP contribution in [0.2, 0.25) is 0 Å². The molecule has 0 radical (unpaired) electrons. The number of rotatable bonds is 4. The van der Waals surface area contributed by atoms with Crippen LogP contribution in [-0.2, 0) is 0 Å². The number of benzene rings is 1. The number of hydrogen-bond acceptors (Lipinski definition) is 2. The van der Waals surface area contributed by atoms with Gasteiger partial charge in [-0.25, -0.2) is 4.39 Å². The lowest BCUT2D eigenvalue weighted by atomic mass is 10.0. The van der Waals surface area contributed by atoms with Crippen molar-refractivity contribution in [2.45, 2.75) is 38.8 Å². The maximum Gasteiger partial charge on any atom is 0.128 e. The summed E-state index contributed by atoms with van der Waals surface area (Å²) in [5, 5.41) is 3.56. The molecule has 1 unspecified atom stereocenters. The van der Waals surface area contributed by atoms with Gasteiger partial charge in [-0.1, -0.05) is 22.9 Å². The second kappa shape index (κ2) is 6.82. The summed E-state index contributed by atoms with van der Waals surface area (Å²) in [7, 11) is 0. The van der Waals surface area contributed by atoms with Gasteiger partial charge in [-0.3, -0.25) is 0 Å². The van der Waals surface area contributed by atoms with Crippen LogP contribution in [0.1, 0.15) is 38.3 Å². The van der Waals surface area contributed by atoms with Crippen molar-refractivity contribution in [3.05, 3.63) is 34.1 Å². The first-order valence-corrected chi connectivity index (χ1v) is 7.82. The highest BCUT2D eigenvalue weighted by Crippen LogP contribution is 2.23. The van der Waals surface area contributed by atoms with E-state index in [1.807, 2.05) is 13.0 Å². The molecule has 0 spiro atoms. The quantitative estimate of drug-likeness (QED) is 0.906. The Labute approximate surface area is 123 Å². The van der Waals surface area contributed by atoms with Crippen LogP contribution in [0, 0.1) is 5.82 Å². The zero-order valence-corrected chi connectivity index (χ0v) is 13.2. The normalized spacial score (nSPS) is 19.6. The molecule has 2 nitrogen and oxygen atoms in total. The van der Waals surface area contributed by atoms with Crippen LogP contribution in [0.4, 0.5) is 4.39 Å². The topological polar surface area (TPSA) is 15.3 Å². The molecule has 2 rings (SSSR count). The number of halogens is 2. The second-order valence-electron chi connectivity index (χ2n) is 5.26. The third-order valence-electron chi connectivity index (χ3n) is 3.95. The van der Waals surface area contributed by atoms with E-state index in [-0.39, 0.29) is 11.9 Å². The Balaban J connectivity index is 1.94. The van der Waals surface area contributed by atoms with E-state index in [4.69, 9.17) is 0 Å². The Morgan fingerprint density at radius 2 is 2.11 bits per heavy atom. The molecule has 1 aliphatic rings. The second-order valence-corrected chi connectivity index (χ2v) is 6.18. The predicted octanol–water partition coefficient (Wildman–Crippen LogP) is 3.72.